The smallest absolute Gasteiger partial charge is 0.252 e. The van der Waals surface area contributed by atoms with E-state index in [0.717, 1.165) is 20.5 Å². The van der Waals surface area contributed by atoms with Gasteiger partial charge < -0.3 is 5.32 Å². The van der Waals surface area contributed by atoms with Gasteiger partial charge in [0.15, 0.2) is 11.6 Å². The lowest BCUT2D eigenvalue weighted by Gasteiger charge is -2.08. The molecule has 20 heavy (non-hydrogen) atoms. The summed E-state index contributed by atoms with van der Waals surface area (Å²) in [6.45, 7) is 0.321. The molecule has 5 nitrogen and oxygen atoms in total. The summed E-state index contributed by atoms with van der Waals surface area (Å²) in [7, 11) is -0.448. The SMILES string of the molecule is CN(C)S(=O)(=O)c1ccc(CNc2ncccc2F)s1. The predicted octanol–water partition coefficient (Wildman–Crippen LogP) is 2.14. The van der Waals surface area contributed by atoms with E-state index in [1.54, 1.807) is 12.1 Å². The van der Waals surface area contributed by atoms with E-state index in [2.05, 4.69) is 10.3 Å². The number of rotatable bonds is 5. The molecule has 0 fully saturated rings. The molecule has 0 atom stereocenters. The molecule has 0 aliphatic carbocycles. The highest BCUT2D eigenvalue weighted by atomic mass is 32.2. The third-order valence-corrected chi connectivity index (χ3v) is 5.93. The van der Waals surface area contributed by atoms with Crippen molar-refractivity contribution in [2.75, 3.05) is 19.4 Å². The second-order valence-corrected chi connectivity index (χ2v) is 7.74. The van der Waals surface area contributed by atoms with Gasteiger partial charge in [0.25, 0.3) is 10.0 Å². The number of hydrogen-bond acceptors (Lipinski definition) is 5. The molecule has 0 aromatic carbocycles. The second kappa shape index (κ2) is 5.86. The topological polar surface area (TPSA) is 62.3 Å². The molecule has 0 aliphatic heterocycles. The molecule has 0 amide bonds. The Balaban J connectivity index is 2.10. The van der Waals surface area contributed by atoms with Gasteiger partial charge in [-0.3, -0.25) is 0 Å². The molecule has 8 heteroatoms. The number of thiophene rings is 1. The van der Waals surface area contributed by atoms with Crippen molar-refractivity contribution in [2.24, 2.45) is 0 Å². The Bertz CT molecular complexity index is 698. The molecule has 0 radical (unpaired) electrons. The Kier molecular flexibility index (Phi) is 4.36. The van der Waals surface area contributed by atoms with Crippen molar-refractivity contribution in [3.63, 3.8) is 0 Å². The van der Waals surface area contributed by atoms with Crippen molar-refractivity contribution in [1.29, 1.82) is 0 Å². The fourth-order valence-corrected chi connectivity index (χ4v) is 3.92. The zero-order valence-corrected chi connectivity index (χ0v) is 12.6. The van der Waals surface area contributed by atoms with E-state index in [-0.39, 0.29) is 10.0 Å². The van der Waals surface area contributed by atoms with Crippen LogP contribution in [0.2, 0.25) is 0 Å². The van der Waals surface area contributed by atoms with Crippen LogP contribution in [-0.4, -0.2) is 31.8 Å². The first-order chi connectivity index (χ1) is 9.41. The molecule has 1 N–H and O–H groups in total. The van der Waals surface area contributed by atoms with Gasteiger partial charge in [0, 0.05) is 25.2 Å². The van der Waals surface area contributed by atoms with Gasteiger partial charge in [-0.15, -0.1) is 11.3 Å². The van der Waals surface area contributed by atoms with Gasteiger partial charge in [0.05, 0.1) is 6.54 Å². The number of halogens is 1. The minimum Gasteiger partial charge on any atom is -0.363 e. The molecule has 0 saturated carbocycles. The maximum atomic E-state index is 13.4. The molecular weight excluding hydrogens is 301 g/mol. The highest BCUT2D eigenvalue weighted by Gasteiger charge is 2.19. The third kappa shape index (κ3) is 3.14. The van der Waals surface area contributed by atoms with Gasteiger partial charge >= 0.3 is 0 Å². The van der Waals surface area contributed by atoms with Crippen LogP contribution in [0.3, 0.4) is 0 Å². The van der Waals surface area contributed by atoms with Crippen molar-refractivity contribution in [1.82, 2.24) is 9.29 Å². The molecular formula is C12H14FN3O2S2. The van der Waals surface area contributed by atoms with Crippen molar-refractivity contribution >= 4 is 27.2 Å². The van der Waals surface area contributed by atoms with Crippen LogP contribution in [0.5, 0.6) is 0 Å². The van der Waals surface area contributed by atoms with Crippen LogP contribution in [0.15, 0.2) is 34.7 Å². The highest BCUT2D eigenvalue weighted by molar-refractivity contribution is 7.91. The third-order valence-electron chi connectivity index (χ3n) is 2.56. The molecule has 0 aliphatic rings. The van der Waals surface area contributed by atoms with Crippen molar-refractivity contribution in [2.45, 2.75) is 10.8 Å². The molecule has 108 valence electrons. The number of nitrogens with zero attached hydrogens (tertiary/aromatic N) is 2. The van der Waals surface area contributed by atoms with E-state index < -0.39 is 15.8 Å². The molecule has 2 aromatic heterocycles. The summed E-state index contributed by atoms with van der Waals surface area (Å²) in [5.41, 5.74) is 0. The lowest BCUT2D eigenvalue weighted by molar-refractivity contribution is 0.523. The van der Waals surface area contributed by atoms with Crippen LogP contribution in [-0.2, 0) is 16.6 Å². The monoisotopic (exact) mass is 315 g/mol. The summed E-state index contributed by atoms with van der Waals surface area (Å²) in [5.74, 6) is -0.289. The number of nitrogens with one attached hydrogen (secondary N) is 1. The Morgan fingerprint density at radius 3 is 2.75 bits per heavy atom. The van der Waals surface area contributed by atoms with Crippen LogP contribution in [0.25, 0.3) is 0 Å². The van der Waals surface area contributed by atoms with Crippen LogP contribution in [0, 0.1) is 5.82 Å². The van der Waals surface area contributed by atoms with Gasteiger partial charge in [-0.2, -0.15) is 0 Å². The second-order valence-electron chi connectivity index (χ2n) is 4.20. The number of hydrogen-bond donors (Lipinski definition) is 1. The number of pyridine rings is 1. The van der Waals surface area contributed by atoms with Crippen molar-refractivity contribution in [3.8, 4) is 0 Å². The van der Waals surface area contributed by atoms with E-state index in [9.17, 15) is 12.8 Å². The largest absolute Gasteiger partial charge is 0.363 e. The number of anilines is 1. The fourth-order valence-electron chi connectivity index (χ4n) is 1.46. The summed E-state index contributed by atoms with van der Waals surface area (Å²) in [4.78, 5) is 4.66. The maximum absolute atomic E-state index is 13.4. The van der Waals surface area contributed by atoms with Gasteiger partial charge in [-0.25, -0.2) is 22.1 Å². The Labute approximate surface area is 121 Å². The van der Waals surface area contributed by atoms with E-state index in [1.807, 2.05) is 0 Å². The Morgan fingerprint density at radius 2 is 2.10 bits per heavy atom. The minimum atomic E-state index is -3.41. The molecule has 0 saturated heterocycles. The quantitative estimate of drug-likeness (QED) is 0.918. The van der Waals surface area contributed by atoms with Crippen LogP contribution >= 0.6 is 11.3 Å². The average Bonchev–Trinajstić information content (AvgIpc) is 2.87. The summed E-state index contributed by atoms with van der Waals surface area (Å²) in [6.07, 6.45) is 1.49. The van der Waals surface area contributed by atoms with E-state index >= 15 is 0 Å². The number of sulfonamides is 1. The first-order valence-corrected chi connectivity index (χ1v) is 8.02. The van der Waals surface area contributed by atoms with E-state index in [4.69, 9.17) is 0 Å². The highest BCUT2D eigenvalue weighted by Crippen LogP contribution is 2.24. The zero-order valence-electron chi connectivity index (χ0n) is 11.0. The molecule has 0 unspecified atom stereocenters. The Morgan fingerprint density at radius 1 is 1.35 bits per heavy atom. The molecule has 2 rings (SSSR count). The van der Waals surface area contributed by atoms with Gasteiger partial charge in [-0.05, 0) is 24.3 Å². The first kappa shape index (κ1) is 14.9. The van der Waals surface area contributed by atoms with Gasteiger partial charge in [-0.1, -0.05) is 0 Å². The summed E-state index contributed by atoms with van der Waals surface area (Å²) >= 11 is 1.15. The lowest BCUT2D eigenvalue weighted by atomic mass is 10.4. The zero-order chi connectivity index (χ0) is 14.8. The molecule has 0 spiro atoms. The van der Waals surface area contributed by atoms with Crippen molar-refractivity contribution in [3.05, 3.63) is 41.2 Å². The summed E-state index contributed by atoms with van der Waals surface area (Å²) in [5, 5.41) is 2.84. The Hall–Kier alpha value is -1.51. The van der Waals surface area contributed by atoms with Gasteiger partial charge in [0.1, 0.15) is 4.21 Å². The van der Waals surface area contributed by atoms with E-state index in [0.29, 0.717) is 6.54 Å². The first-order valence-electron chi connectivity index (χ1n) is 5.77. The average molecular weight is 315 g/mol. The molecule has 0 bridgehead atoms. The van der Waals surface area contributed by atoms with Crippen molar-refractivity contribution < 1.29 is 12.8 Å². The standard InChI is InChI=1S/C12H14FN3O2S2/c1-16(2)20(17,18)11-6-5-9(19-11)8-15-12-10(13)4-3-7-14-12/h3-7H,8H2,1-2H3,(H,14,15). The summed E-state index contributed by atoms with van der Waals surface area (Å²) in [6, 6.07) is 6.07. The maximum Gasteiger partial charge on any atom is 0.252 e. The van der Waals surface area contributed by atoms with E-state index in [1.165, 1.54) is 32.4 Å². The lowest BCUT2D eigenvalue weighted by Crippen LogP contribution is -2.21. The molecule has 2 aromatic rings. The predicted molar refractivity (Wildman–Crippen MR) is 76.7 cm³/mol. The normalized spacial score (nSPS) is 11.8. The summed E-state index contributed by atoms with van der Waals surface area (Å²) < 4.78 is 38.6. The minimum absolute atomic E-state index is 0.151. The van der Waals surface area contributed by atoms with Crippen LogP contribution in [0.4, 0.5) is 10.2 Å². The number of aromatic nitrogens is 1. The van der Waals surface area contributed by atoms with Crippen LogP contribution in [0.1, 0.15) is 4.88 Å². The van der Waals surface area contributed by atoms with Gasteiger partial charge in [0.2, 0.25) is 0 Å². The van der Waals surface area contributed by atoms with Crippen LogP contribution < -0.4 is 5.32 Å². The fraction of sp³-hybridized carbons (Fsp3) is 0.250. The molecule has 2 heterocycles.